The van der Waals surface area contributed by atoms with Crippen LogP contribution in [0.2, 0.25) is 0 Å². The predicted octanol–water partition coefficient (Wildman–Crippen LogP) is 5.46. The van der Waals surface area contributed by atoms with E-state index >= 15 is 0 Å². The zero-order valence-corrected chi connectivity index (χ0v) is 17.8. The Morgan fingerprint density at radius 1 is 0.815 bits per heavy atom. The van der Waals surface area contributed by atoms with Gasteiger partial charge in [0.25, 0.3) is 0 Å². The van der Waals surface area contributed by atoms with Crippen LogP contribution < -0.4 is 10.5 Å². The SMILES string of the molecule is CCCCCCCCN(CCCCCCCC)CCOc1ccnc(N)n1. The summed E-state index contributed by atoms with van der Waals surface area (Å²) in [6.45, 7) is 8.50. The third-order valence-electron chi connectivity index (χ3n) is 4.96. The third-order valence-corrected chi connectivity index (χ3v) is 4.96. The number of nitrogens with zero attached hydrogens (tertiary/aromatic N) is 3. The van der Waals surface area contributed by atoms with Crippen LogP contribution in [-0.4, -0.2) is 41.1 Å². The Labute approximate surface area is 167 Å². The molecule has 1 heterocycles. The summed E-state index contributed by atoms with van der Waals surface area (Å²) < 4.78 is 5.76. The highest BCUT2D eigenvalue weighted by molar-refractivity contribution is 5.20. The Balaban J connectivity index is 2.25. The van der Waals surface area contributed by atoms with Crippen molar-refractivity contribution in [3.8, 4) is 5.88 Å². The fourth-order valence-corrected chi connectivity index (χ4v) is 3.28. The summed E-state index contributed by atoms with van der Waals surface area (Å²) in [5.74, 6) is 0.838. The van der Waals surface area contributed by atoms with Crippen LogP contribution >= 0.6 is 0 Å². The van der Waals surface area contributed by atoms with Gasteiger partial charge in [-0.1, -0.05) is 78.1 Å². The molecule has 0 atom stereocenters. The number of rotatable bonds is 18. The molecule has 0 radical (unpaired) electrons. The highest BCUT2D eigenvalue weighted by Gasteiger charge is 2.06. The van der Waals surface area contributed by atoms with Crippen molar-refractivity contribution >= 4 is 5.95 Å². The van der Waals surface area contributed by atoms with Crippen LogP contribution in [0.3, 0.4) is 0 Å². The molecule has 0 bridgehead atoms. The lowest BCUT2D eigenvalue weighted by Crippen LogP contribution is -2.30. The molecule has 0 saturated heterocycles. The lowest BCUT2D eigenvalue weighted by molar-refractivity contribution is 0.198. The van der Waals surface area contributed by atoms with E-state index in [2.05, 4.69) is 28.7 Å². The van der Waals surface area contributed by atoms with Gasteiger partial charge in [0.1, 0.15) is 6.61 Å². The number of hydrogen-bond donors (Lipinski definition) is 1. The second-order valence-electron chi connectivity index (χ2n) is 7.48. The number of unbranched alkanes of at least 4 members (excludes halogenated alkanes) is 10. The molecule has 0 spiro atoms. The molecule has 0 aromatic carbocycles. The van der Waals surface area contributed by atoms with E-state index in [-0.39, 0.29) is 5.95 Å². The molecule has 0 aliphatic heterocycles. The first-order valence-electron chi connectivity index (χ1n) is 11.2. The third kappa shape index (κ3) is 13.5. The maximum Gasteiger partial charge on any atom is 0.223 e. The van der Waals surface area contributed by atoms with Crippen LogP contribution in [0.15, 0.2) is 12.3 Å². The summed E-state index contributed by atoms with van der Waals surface area (Å²) in [7, 11) is 0. The summed E-state index contributed by atoms with van der Waals surface area (Å²) in [5.41, 5.74) is 5.61. The quantitative estimate of drug-likeness (QED) is 0.344. The minimum Gasteiger partial charge on any atom is -0.476 e. The Bertz CT molecular complexity index is 440. The maximum absolute atomic E-state index is 5.76. The summed E-state index contributed by atoms with van der Waals surface area (Å²) in [5, 5.41) is 0. The largest absolute Gasteiger partial charge is 0.476 e. The van der Waals surface area contributed by atoms with Crippen molar-refractivity contribution in [3.05, 3.63) is 12.3 Å². The number of nitrogen functional groups attached to an aromatic ring is 1. The molecule has 0 aliphatic rings. The van der Waals surface area contributed by atoms with Crippen LogP contribution in [0.25, 0.3) is 0 Å². The molecule has 1 rings (SSSR count). The standard InChI is InChI=1S/C22H42N4O/c1-3-5-7-9-11-13-17-26(18-14-12-10-8-6-4-2)19-20-27-21-15-16-24-22(23)25-21/h15-16H,3-14,17-20H2,1-2H3,(H2,23,24,25). The number of nitrogens with two attached hydrogens (primary N) is 1. The van der Waals surface area contributed by atoms with Gasteiger partial charge in [-0.05, 0) is 25.9 Å². The van der Waals surface area contributed by atoms with Gasteiger partial charge in [-0.3, -0.25) is 4.90 Å². The minimum atomic E-state index is 0.267. The molecule has 0 aliphatic carbocycles. The average Bonchev–Trinajstić information content (AvgIpc) is 2.66. The topological polar surface area (TPSA) is 64.3 Å². The van der Waals surface area contributed by atoms with Crippen LogP contribution in [-0.2, 0) is 0 Å². The van der Waals surface area contributed by atoms with Crippen LogP contribution in [0.5, 0.6) is 5.88 Å². The van der Waals surface area contributed by atoms with Gasteiger partial charge in [0.05, 0.1) is 0 Å². The Morgan fingerprint density at radius 2 is 1.37 bits per heavy atom. The van der Waals surface area contributed by atoms with Gasteiger partial charge in [0, 0.05) is 18.8 Å². The molecule has 27 heavy (non-hydrogen) atoms. The van der Waals surface area contributed by atoms with Crippen LogP contribution in [0.1, 0.15) is 90.9 Å². The first kappa shape index (κ1) is 23.7. The molecular formula is C22H42N4O. The molecule has 0 unspecified atom stereocenters. The number of hydrogen-bond acceptors (Lipinski definition) is 5. The van der Waals surface area contributed by atoms with E-state index < -0.39 is 0 Å². The van der Waals surface area contributed by atoms with Crippen LogP contribution in [0.4, 0.5) is 5.95 Å². The predicted molar refractivity (Wildman–Crippen MR) is 115 cm³/mol. The average molecular weight is 379 g/mol. The van der Waals surface area contributed by atoms with Crippen LogP contribution in [0, 0.1) is 0 Å². The summed E-state index contributed by atoms with van der Waals surface area (Å²) in [6, 6.07) is 1.77. The maximum atomic E-state index is 5.76. The normalized spacial score (nSPS) is 11.2. The summed E-state index contributed by atoms with van der Waals surface area (Å²) >= 11 is 0. The van der Waals surface area contributed by atoms with E-state index in [1.54, 1.807) is 12.3 Å². The van der Waals surface area contributed by atoms with Crippen molar-refractivity contribution in [1.29, 1.82) is 0 Å². The molecule has 0 amide bonds. The van der Waals surface area contributed by atoms with Crippen molar-refractivity contribution in [2.45, 2.75) is 90.9 Å². The van der Waals surface area contributed by atoms with Crippen molar-refractivity contribution in [1.82, 2.24) is 14.9 Å². The first-order valence-corrected chi connectivity index (χ1v) is 11.2. The monoisotopic (exact) mass is 378 g/mol. The first-order chi connectivity index (χ1) is 13.3. The van der Waals surface area contributed by atoms with Crippen molar-refractivity contribution in [2.75, 3.05) is 32.0 Å². The van der Waals surface area contributed by atoms with Gasteiger partial charge < -0.3 is 10.5 Å². The molecule has 5 nitrogen and oxygen atoms in total. The molecule has 0 saturated carbocycles. The van der Waals surface area contributed by atoms with Crippen molar-refractivity contribution in [3.63, 3.8) is 0 Å². The highest BCUT2D eigenvalue weighted by Crippen LogP contribution is 2.10. The molecule has 1 aromatic heterocycles. The van der Waals surface area contributed by atoms with Gasteiger partial charge in [-0.2, -0.15) is 4.98 Å². The zero-order valence-electron chi connectivity index (χ0n) is 17.8. The van der Waals surface area contributed by atoms with Gasteiger partial charge in [0.2, 0.25) is 11.8 Å². The minimum absolute atomic E-state index is 0.267. The Morgan fingerprint density at radius 3 is 1.93 bits per heavy atom. The van der Waals surface area contributed by atoms with E-state index in [1.165, 1.54) is 90.1 Å². The van der Waals surface area contributed by atoms with Gasteiger partial charge in [-0.25, -0.2) is 4.98 Å². The second-order valence-corrected chi connectivity index (χ2v) is 7.48. The number of ether oxygens (including phenoxy) is 1. The fraction of sp³-hybridized carbons (Fsp3) is 0.818. The van der Waals surface area contributed by atoms with Gasteiger partial charge in [-0.15, -0.1) is 0 Å². The van der Waals surface area contributed by atoms with Crippen molar-refractivity contribution < 1.29 is 4.74 Å². The second kappa shape index (κ2) is 16.8. The van der Waals surface area contributed by atoms with E-state index in [9.17, 15) is 0 Å². The number of anilines is 1. The molecule has 5 heteroatoms. The number of aromatic nitrogens is 2. The van der Waals surface area contributed by atoms with Gasteiger partial charge >= 0.3 is 0 Å². The van der Waals surface area contributed by atoms with E-state index in [0.717, 1.165) is 6.54 Å². The molecular weight excluding hydrogens is 336 g/mol. The van der Waals surface area contributed by atoms with Crippen molar-refractivity contribution in [2.24, 2.45) is 0 Å². The summed E-state index contributed by atoms with van der Waals surface area (Å²) in [4.78, 5) is 10.6. The Kier molecular flexibility index (Phi) is 14.7. The molecule has 2 N–H and O–H groups in total. The molecule has 156 valence electrons. The van der Waals surface area contributed by atoms with Gasteiger partial charge in [0.15, 0.2) is 0 Å². The van der Waals surface area contributed by atoms with E-state index in [4.69, 9.17) is 10.5 Å². The Hall–Kier alpha value is -1.36. The fourth-order valence-electron chi connectivity index (χ4n) is 3.28. The van der Waals surface area contributed by atoms with E-state index in [1.807, 2.05) is 0 Å². The van der Waals surface area contributed by atoms with E-state index in [0.29, 0.717) is 12.5 Å². The molecule has 1 aromatic rings. The molecule has 0 fully saturated rings. The zero-order chi connectivity index (χ0) is 19.6. The smallest absolute Gasteiger partial charge is 0.223 e. The lowest BCUT2D eigenvalue weighted by Gasteiger charge is -2.22. The summed E-state index contributed by atoms with van der Waals surface area (Å²) in [6.07, 6.45) is 17.8. The highest BCUT2D eigenvalue weighted by atomic mass is 16.5. The lowest BCUT2D eigenvalue weighted by atomic mass is 10.1.